The lowest BCUT2D eigenvalue weighted by Gasteiger charge is -2.49. The number of halogens is 6. The van der Waals surface area contributed by atoms with Crippen molar-refractivity contribution >= 4 is 93.6 Å². The summed E-state index contributed by atoms with van der Waals surface area (Å²) >= 11 is 35.6. The van der Waals surface area contributed by atoms with Crippen molar-refractivity contribution in [1.82, 2.24) is 15.0 Å². The van der Waals surface area contributed by atoms with Crippen LogP contribution in [0.25, 0.3) is 12.2 Å². The number of aromatic nitrogens is 3. The Balaban J connectivity index is 1.40. The predicted octanol–water partition coefficient (Wildman–Crippen LogP) is 10.2. The average Bonchev–Trinajstić information content (AvgIpc) is 3.00. The number of aliphatic hydroxyl groups excluding tert-OH is 1. The second-order valence-corrected chi connectivity index (χ2v) is 16.9. The van der Waals surface area contributed by atoms with Gasteiger partial charge in [-0.05, 0) is 52.7 Å². The molecule has 2 heterocycles. The number of aliphatic imine (C=N–C) groups is 1. The Kier molecular flexibility index (Phi) is 11.0. The number of hydrogen-bond donors (Lipinski definition) is 1. The molecule has 0 saturated carbocycles. The highest BCUT2D eigenvalue weighted by Gasteiger charge is 2.55. The molecule has 0 fully saturated rings. The quantitative estimate of drug-likeness (QED) is 0.231. The molecule has 1 aromatic heterocycles. The molecule has 0 spiro atoms. The zero-order chi connectivity index (χ0) is 34.2. The van der Waals surface area contributed by atoms with Gasteiger partial charge in [0.15, 0.2) is 23.4 Å². The van der Waals surface area contributed by atoms with Gasteiger partial charge in [0, 0.05) is 5.41 Å². The summed E-state index contributed by atoms with van der Waals surface area (Å²) in [6.07, 6.45) is 3.34. The number of carbonyl (C=O) groups is 1. The van der Waals surface area contributed by atoms with E-state index >= 15 is 0 Å². The Hall–Kier alpha value is -2.13. The van der Waals surface area contributed by atoms with Gasteiger partial charge in [0.05, 0.1) is 5.41 Å². The second kappa shape index (κ2) is 13.8. The van der Waals surface area contributed by atoms with E-state index in [-0.39, 0.29) is 47.0 Å². The molecule has 1 aliphatic rings. The molecule has 1 N–H and O–H groups in total. The molecule has 246 valence electrons. The van der Waals surface area contributed by atoms with Crippen molar-refractivity contribution < 1.29 is 14.6 Å². The molecule has 4 rings (SSSR count). The molecule has 0 bridgehead atoms. The van der Waals surface area contributed by atoms with Gasteiger partial charge in [-0.2, -0.15) is 4.99 Å². The highest BCUT2D eigenvalue weighted by molar-refractivity contribution is 6.67. The highest BCUT2D eigenvalue weighted by Crippen LogP contribution is 2.52. The molecule has 3 aromatic rings. The lowest BCUT2D eigenvalue weighted by Crippen LogP contribution is -2.53. The summed E-state index contributed by atoms with van der Waals surface area (Å²) in [6, 6.07) is 15.6. The van der Waals surface area contributed by atoms with E-state index < -0.39 is 18.4 Å². The maximum atomic E-state index is 13.1. The normalized spacial score (nSPS) is 21.6. The summed E-state index contributed by atoms with van der Waals surface area (Å²) in [5, 5.41) is 10.3. The van der Waals surface area contributed by atoms with Gasteiger partial charge >= 0.3 is 0 Å². The van der Waals surface area contributed by atoms with E-state index in [0.29, 0.717) is 12.4 Å². The van der Waals surface area contributed by atoms with E-state index in [2.05, 4.69) is 45.9 Å². The molecule has 1 aliphatic heterocycles. The highest BCUT2D eigenvalue weighted by atomic mass is 35.6. The minimum Gasteiger partial charge on any atom is -0.496 e. The van der Waals surface area contributed by atoms with Crippen LogP contribution in [0.4, 0.5) is 0 Å². The molecule has 2 aromatic carbocycles. The van der Waals surface area contributed by atoms with Crippen molar-refractivity contribution in [2.45, 2.75) is 61.7 Å². The predicted molar refractivity (Wildman–Crippen MR) is 188 cm³/mol. The topological polar surface area (TPSA) is 97.6 Å². The van der Waals surface area contributed by atoms with Crippen LogP contribution in [0.2, 0.25) is 0 Å². The number of nitrogens with zero attached hydrogens (tertiary/aromatic N) is 4. The van der Waals surface area contributed by atoms with Crippen molar-refractivity contribution in [2.24, 2.45) is 27.7 Å². The van der Waals surface area contributed by atoms with Gasteiger partial charge in [0.25, 0.3) is 5.91 Å². The monoisotopic (exact) mass is 744 g/mol. The van der Waals surface area contributed by atoms with E-state index in [0.717, 1.165) is 16.7 Å². The number of amides is 1. The van der Waals surface area contributed by atoms with E-state index in [4.69, 9.17) is 74.3 Å². The Bertz CT molecular complexity index is 1600. The fourth-order valence-corrected chi connectivity index (χ4v) is 6.04. The molecule has 7 nitrogen and oxygen atoms in total. The number of benzene rings is 2. The summed E-state index contributed by atoms with van der Waals surface area (Å²) in [7, 11) is 0. The third-order valence-corrected chi connectivity index (χ3v) is 10.3. The molecule has 4 unspecified atom stereocenters. The van der Waals surface area contributed by atoms with Crippen molar-refractivity contribution in [3.63, 3.8) is 0 Å². The lowest BCUT2D eigenvalue weighted by atomic mass is 9.55. The van der Waals surface area contributed by atoms with Crippen LogP contribution in [0.5, 0.6) is 5.75 Å². The molecule has 0 radical (unpaired) electrons. The van der Waals surface area contributed by atoms with Crippen LogP contribution < -0.4 is 4.74 Å². The van der Waals surface area contributed by atoms with Gasteiger partial charge in [0.2, 0.25) is 7.59 Å². The summed E-state index contributed by atoms with van der Waals surface area (Å²) in [6.45, 7) is 12.5. The zero-order valence-corrected chi connectivity index (χ0v) is 30.6. The maximum absolute atomic E-state index is 13.1. The maximum Gasteiger partial charge on any atom is 0.255 e. The molecule has 1 amide bonds. The molecule has 46 heavy (non-hydrogen) atoms. The molecule has 4 atom stereocenters. The summed E-state index contributed by atoms with van der Waals surface area (Å²) in [5.41, 5.74) is 1.64. The van der Waals surface area contributed by atoms with Gasteiger partial charge in [-0.25, -0.2) is 15.0 Å². The van der Waals surface area contributed by atoms with Crippen LogP contribution >= 0.6 is 69.6 Å². The number of rotatable bonds is 8. The van der Waals surface area contributed by atoms with Crippen LogP contribution in [-0.2, 0) is 19.0 Å². The van der Waals surface area contributed by atoms with Crippen LogP contribution in [0, 0.1) is 22.7 Å². The Morgan fingerprint density at radius 1 is 0.870 bits per heavy atom. The zero-order valence-electron chi connectivity index (χ0n) is 26.0. The number of aliphatic hydroxyl groups is 1. The second-order valence-electron chi connectivity index (χ2n) is 12.3. The van der Waals surface area contributed by atoms with E-state index in [1.165, 1.54) is 0 Å². The van der Waals surface area contributed by atoms with Crippen LogP contribution in [-0.4, -0.2) is 31.9 Å². The minimum absolute atomic E-state index is 0.0147. The van der Waals surface area contributed by atoms with E-state index in [1.807, 2.05) is 64.1 Å². The van der Waals surface area contributed by atoms with Crippen molar-refractivity contribution in [3.05, 3.63) is 82.7 Å². The van der Waals surface area contributed by atoms with E-state index in [9.17, 15) is 9.90 Å². The van der Waals surface area contributed by atoms with Gasteiger partial charge in [-0.3, -0.25) is 4.79 Å². The van der Waals surface area contributed by atoms with Crippen LogP contribution in [0.3, 0.4) is 0 Å². The summed E-state index contributed by atoms with van der Waals surface area (Å²) in [5.74, 6) is 0.109. The lowest BCUT2D eigenvalue weighted by molar-refractivity contribution is -0.138. The van der Waals surface area contributed by atoms with Crippen molar-refractivity contribution in [3.8, 4) is 5.75 Å². The first kappa shape index (κ1) is 36.7. The van der Waals surface area contributed by atoms with Gasteiger partial charge < -0.3 is 9.84 Å². The number of carbonyl (C=O) groups excluding carboxylic acids is 1. The molecule has 13 heteroatoms. The average molecular weight is 747 g/mol. The molecular weight excluding hydrogens is 713 g/mol. The number of hydrogen-bond acceptors (Lipinski definition) is 5. The Morgan fingerprint density at radius 2 is 1.41 bits per heavy atom. The number of ether oxygens (including phenoxy) is 1. The fourth-order valence-electron chi connectivity index (χ4n) is 5.54. The SMILES string of the molecule is CC(c1ccc(COc2ccc(/C=C/c3nc(C(Cl)(Cl)Cl)nc(C(Cl)(Cl)Cl)n3)cc2)cc1)C(C)C1(C)C(=O)N=C(O)C(C)(C)C1C. The van der Waals surface area contributed by atoms with Crippen molar-refractivity contribution in [1.29, 1.82) is 0 Å². The van der Waals surface area contributed by atoms with Crippen LogP contribution in [0.15, 0.2) is 53.5 Å². The van der Waals surface area contributed by atoms with Gasteiger partial charge in [-0.15, -0.1) is 0 Å². The molecule has 0 aliphatic carbocycles. The first-order valence-electron chi connectivity index (χ1n) is 14.5. The largest absolute Gasteiger partial charge is 0.496 e. The minimum atomic E-state index is -1.93. The smallest absolute Gasteiger partial charge is 0.255 e. The Labute approximate surface area is 299 Å². The number of alkyl halides is 6. The standard InChI is InChI=1S/C33H34Cl6N4O3/c1-18(19(2)31(6)20(3)30(4,5)28(44)43-29(31)45)23-12-7-22(8-13-23)17-46-24-14-9-21(10-15-24)11-16-25-40-26(32(34,35)36)42-27(41-25)33(37,38)39/h7-16,18-20H,17H2,1-6H3,(H,43,44,45)/b16-11+. The third kappa shape index (κ3) is 7.94. The first-order chi connectivity index (χ1) is 21.2. The van der Waals surface area contributed by atoms with Crippen LogP contribution in [0.1, 0.15) is 81.6 Å². The Morgan fingerprint density at radius 3 is 1.93 bits per heavy atom. The summed E-state index contributed by atoms with van der Waals surface area (Å²) < 4.78 is 2.14. The fraction of sp³-hybridized carbons (Fsp3) is 0.424. The first-order valence-corrected chi connectivity index (χ1v) is 16.7. The molecular formula is C33H34Cl6N4O3. The molecule has 0 saturated heterocycles. The summed E-state index contributed by atoms with van der Waals surface area (Å²) in [4.78, 5) is 29.4. The van der Waals surface area contributed by atoms with E-state index in [1.54, 1.807) is 12.2 Å². The van der Waals surface area contributed by atoms with Crippen molar-refractivity contribution in [2.75, 3.05) is 0 Å². The van der Waals surface area contributed by atoms with Gasteiger partial charge in [0.1, 0.15) is 12.4 Å². The third-order valence-electron chi connectivity index (χ3n) is 9.30. The van der Waals surface area contributed by atoms with Gasteiger partial charge in [-0.1, -0.05) is 154 Å².